The van der Waals surface area contributed by atoms with Gasteiger partial charge in [-0.3, -0.25) is 14.5 Å². The Balaban J connectivity index is 1.56. The molecule has 0 spiro atoms. The van der Waals surface area contributed by atoms with Crippen LogP contribution in [0.2, 0.25) is 5.02 Å². The lowest BCUT2D eigenvalue weighted by Gasteiger charge is -2.35. The number of carbonyl (C=O) groups is 1. The van der Waals surface area contributed by atoms with Crippen LogP contribution in [0.25, 0.3) is 11.0 Å². The predicted octanol–water partition coefficient (Wildman–Crippen LogP) is 5.84. The fraction of sp³-hybridized carbons (Fsp3) is 0.407. The quantitative estimate of drug-likeness (QED) is 0.496. The van der Waals surface area contributed by atoms with Crippen LogP contribution in [-0.4, -0.2) is 30.4 Å². The topological polar surface area (TPSA) is 62.6 Å². The molecule has 33 heavy (non-hydrogen) atoms. The van der Waals surface area contributed by atoms with Crippen molar-refractivity contribution >= 4 is 28.5 Å². The van der Waals surface area contributed by atoms with Crippen LogP contribution in [0, 0.1) is 6.92 Å². The van der Waals surface area contributed by atoms with Crippen molar-refractivity contribution in [2.75, 3.05) is 19.6 Å². The first-order chi connectivity index (χ1) is 15.8. The molecule has 1 saturated heterocycles. The van der Waals surface area contributed by atoms with Gasteiger partial charge in [0, 0.05) is 17.6 Å². The van der Waals surface area contributed by atoms with Gasteiger partial charge >= 0.3 is 0 Å². The number of hydrogen-bond acceptors (Lipinski definition) is 4. The summed E-state index contributed by atoms with van der Waals surface area (Å²) < 4.78 is 5.78. The highest BCUT2D eigenvalue weighted by molar-refractivity contribution is 6.32. The van der Waals surface area contributed by atoms with Crippen LogP contribution in [0.4, 0.5) is 0 Å². The van der Waals surface area contributed by atoms with E-state index >= 15 is 0 Å². The summed E-state index contributed by atoms with van der Waals surface area (Å²) in [5.41, 5.74) is 3.37. The summed E-state index contributed by atoms with van der Waals surface area (Å²) in [7, 11) is 0. The number of amides is 1. The van der Waals surface area contributed by atoms with Gasteiger partial charge in [-0.1, -0.05) is 56.1 Å². The Kier molecular flexibility index (Phi) is 7.20. The maximum atomic E-state index is 13.0. The Hall–Kier alpha value is -2.63. The van der Waals surface area contributed by atoms with Crippen LogP contribution < -0.4 is 10.7 Å². The van der Waals surface area contributed by atoms with Crippen LogP contribution in [0.3, 0.4) is 0 Å². The molecule has 1 fully saturated rings. The third kappa shape index (κ3) is 5.31. The minimum Gasteiger partial charge on any atom is -0.451 e. The Morgan fingerprint density at radius 3 is 2.39 bits per heavy atom. The van der Waals surface area contributed by atoms with Gasteiger partial charge in [-0.15, -0.1) is 0 Å². The van der Waals surface area contributed by atoms with E-state index in [4.69, 9.17) is 16.0 Å². The molecule has 0 unspecified atom stereocenters. The van der Waals surface area contributed by atoms with E-state index < -0.39 is 0 Å². The smallest absolute Gasteiger partial charge is 0.287 e. The lowest BCUT2D eigenvalue weighted by atomic mass is 9.97. The van der Waals surface area contributed by atoms with E-state index in [-0.39, 0.29) is 23.1 Å². The van der Waals surface area contributed by atoms with Gasteiger partial charge in [-0.2, -0.15) is 0 Å². The van der Waals surface area contributed by atoms with Gasteiger partial charge in [0.15, 0.2) is 11.2 Å². The molecule has 0 saturated carbocycles. The molecule has 1 aromatic heterocycles. The molecule has 1 N–H and O–H groups in total. The van der Waals surface area contributed by atoms with E-state index in [2.05, 4.69) is 48.3 Å². The molecule has 0 bridgehead atoms. The number of fused-ring (bicyclic) bond motifs is 1. The van der Waals surface area contributed by atoms with Gasteiger partial charge < -0.3 is 9.73 Å². The van der Waals surface area contributed by atoms with E-state index in [1.54, 1.807) is 12.1 Å². The number of nitrogens with zero attached hydrogens (tertiary/aromatic N) is 1. The molecular weight excluding hydrogens is 436 g/mol. The Bertz CT molecular complexity index is 1190. The molecule has 1 aliphatic heterocycles. The molecule has 1 amide bonds. The molecule has 1 atom stereocenters. The molecule has 0 radical (unpaired) electrons. The molecule has 2 heterocycles. The number of likely N-dealkylation sites (tertiary alicyclic amines) is 1. The van der Waals surface area contributed by atoms with Crippen molar-refractivity contribution in [1.29, 1.82) is 0 Å². The summed E-state index contributed by atoms with van der Waals surface area (Å²) in [6, 6.07) is 13.3. The van der Waals surface area contributed by atoms with Gasteiger partial charge in [0.05, 0.1) is 11.4 Å². The third-order valence-electron chi connectivity index (χ3n) is 6.51. The Labute approximate surface area is 199 Å². The Morgan fingerprint density at radius 1 is 1.06 bits per heavy atom. The van der Waals surface area contributed by atoms with Crippen molar-refractivity contribution < 1.29 is 9.21 Å². The van der Waals surface area contributed by atoms with Crippen LogP contribution in [0.15, 0.2) is 51.7 Å². The first kappa shape index (κ1) is 23.5. The Morgan fingerprint density at radius 2 is 1.73 bits per heavy atom. The largest absolute Gasteiger partial charge is 0.451 e. The third-order valence-corrected chi connectivity index (χ3v) is 6.91. The highest BCUT2D eigenvalue weighted by Crippen LogP contribution is 2.26. The average molecular weight is 467 g/mol. The van der Waals surface area contributed by atoms with Crippen molar-refractivity contribution in [1.82, 2.24) is 10.2 Å². The van der Waals surface area contributed by atoms with Gasteiger partial charge in [0.2, 0.25) is 0 Å². The second-order valence-corrected chi connectivity index (χ2v) is 9.62. The lowest BCUT2D eigenvalue weighted by molar-refractivity contribution is 0.0897. The first-order valence-corrected chi connectivity index (χ1v) is 12.1. The number of carbonyl (C=O) groups excluding carboxylic acids is 1. The normalized spacial score (nSPS) is 15.7. The van der Waals surface area contributed by atoms with Crippen LogP contribution in [0.5, 0.6) is 0 Å². The van der Waals surface area contributed by atoms with Crippen LogP contribution >= 0.6 is 11.6 Å². The standard InChI is InChI=1S/C27H31ClN2O3/c1-17(2)19-7-9-20(10-8-19)23(30-11-5-4-6-12-30)16-29-27(32)26-15-24(31)21-14-22(28)18(3)13-25(21)33-26/h7-10,13-15,17,23H,4-6,11-12,16H2,1-3H3,(H,29,32)/t23-/m1/s1. The number of halogens is 1. The summed E-state index contributed by atoms with van der Waals surface area (Å²) in [6.07, 6.45) is 3.57. The number of nitrogens with one attached hydrogen (secondary N) is 1. The van der Waals surface area contributed by atoms with Crippen molar-refractivity contribution in [3.8, 4) is 0 Å². The monoisotopic (exact) mass is 466 g/mol. The average Bonchev–Trinajstić information content (AvgIpc) is 2.81. The van der Waals surface area contributed by atoms with Crippen molar-refractivity contribution in [3.05, 3.63) is 80.2 Å². The second kappa shape index (κ2) is 10.1. The minimum absolute atomic E-state index is 0.0155. The molecular formula is C27H31ClN2O3. The zero-order valence-electron chi connectivity index (χ0n) is 19.5. The second-order valence-electron chi connectivity index (χ2n) is 9.22. The molecule has 4 rings (SSSR count). The van der Waals surface area contributed by atoms with E-state index in [9.17, 15) is 9.59 Å². The zero-order valence-corrected chi connectivity index (χ0v) is 20.2. The lowest BCUT2D eigenvalue weighted by Crippen LogP contribution is -2.40. The zero-order chi connectivity index (χ0) is 23.5. The van der Waals surface area contributed by atoms with E-state index in [0.29, 0.717) is 28.5 Å². The molecule has 1 aliphatic rings. The number of hydrogen-bond donors (Lipinski definition) is 1. The maximum absolute atomic E-state index is 13.0. The van der Waals surface area contributed by atoms with E-state index in [1.807, 2.05) is 6.92 Å². The predicted molar refractivity (Wildman–Crippen MR) is 133 cm³/mol. The van der Waals surface area contributed by atoms with Crippen molar-refractivity contribution in [2.24, 2.45) is 0 Å². The fourth-order valence-corrected chi connectivity index (χ4v) is 4.62. The summed E-state index contributed by atoms with van der Waals surface area (Å²) >= 11 is 6.14. The van der Waals surface area contributed by atoms with Crippen LogP contribution in [-0.2, 0) is 0 Å². The number of rotatable bonds is 6. The molecule has 3 aromatic rings. The number of benzene rings is 2. The minimum atomic E-state index is -0.387. The summed E-state index contributed by atoms with van der Waals surface area (Å²) in [6.45, 7) is 8.67. The summed E-state index contributed by atoms with van der Waals surface area (Å²) in [5, 5.41) is 3.88. The number of piperidine rings is 1. The van der Waals surface area contributed by atoms with Crippen LogP contribution in [0.1, 0.15) is 72.3 Å². The van der Waals surface area contributed by atoms with Gasteiger partial charge in [0.25, 0.3) is 5.91 Å². The van der Waals surface area contributed by atoms with Crippen molar-refractivity contribution in [2.45, 2.75) is 52.0 Å². The van der Waals surface area contributed by atoms with E-state index in [0.717, 1.165) is 31.5 Å². The van der Waals surface area contributed by atoms with Crippen molar-refractivity contribution in [3.63, 3.8) is 0 Å². The van der Waals surface area contributed by atoms with Gasteiger partial charge in [-0.25, -0.2) is 0 Å². The molecule has 6 heteroatoms. The molecule has 2 aromatic carbocycles. The maximum Gasteiger partial charge on any atom is 0.287 e. The van der Waals surface area contributed by atoms with E-state index in [1.165, 1.54) is 23.6 Å². The summed E-state index contributed by atoms with van der Waals surface area (Å²) in [4.78, 5) is 28.0. The number of aryl methyl sites for hydroxylation is 1. The van der Waals surface area contributed by atoms with Gasteiger partial charge in [-0.05, 0) is 67.6 Å². The highest BCUT2D eigenvalue weighted by atomic mass is 35.5. The fourth-order valence-electron chi connectivity index (χ4n) is 4.46. The van der Waals surface area contributed by atoms with Gasteiger partial charge in [0.1, 0.15) is 5.58 Å². The molecule has 5 nitrogen and oxygen atoms in total. The highest BCUT2D eigenvalue weighted by Gasteiger charge is 2.24. The SMILES string of the molecule is Cc1cc2oc(C(=O)NC[C@H](c3ccc(C(C)C)cc3)N3CCCCC3)cc(=O)c2cc1Cl. The molecule has 174 valence electrons. The molecule has 0 aliphatic carbocycles. The summed E-state index contributed by atoms with van der Waals surface area (Å²) in [5.74, 6) is 0.102. The first-order valence-electron chi connectivity index (χ1n) is 11.7.